The molecule has 0 aliphatic heterocycles. The number of nitrogens with zero attached hydrogens (tertiary/aromatic N) is 2. The maximum Gasteiger partial charge on any atom is 0.0714 e. The first-order chi connectivity index (χ1) is 59.7. The van der Waals surface area contributed by atoms with Crippen molar-refractivity contribution in [2.24, 2.45) is 0 Å². The van der Waals surface area contributed by atoms with Crippen molar-refractivity contribution in [1.82, 2.24) is 0 Å². The topological polar surface area (TPSA) is 6.48 Å². The van der Waals surface area contributed by atoms with E-state index in [0.717, 1.165) is 39.7 Å². The van der Waals surface area contributed by atoms with Crippen molar-refractivity contribution in [1.29, 1.82) is 0 Å². The molecule has 3 aliphatic rings. The van der Waals surface area contributed by atoms with E-state index in [1.165, 1.54) is 179 Å². The lowest BCUT2D eigenvalue weighted by molar-refractivity contribution is 0.660. The second-order valence-electron chi connectivity index (χ2n) is 33.3. The lowest BCUT2D eigenvalue weighted by atomic mass is 9.67. The molecule has 568 valence electrons. The Morgan fingerprint density at radius 3 is 1.02 bits per heavy atom. The molecule has 24 rings (SSSR count). The van der Waals surface area contributed by atoms with Crippen molar-refractivity contribution in [2.45, 2.75) is 30.1 Å². The van der Waals surface area contributed by atoms with Crippen LogP contribution in [0.25, 0.3) is 129 Å². The standard InChI is InChI=1S/C117H78N2S2/c1-115(2)105-39-21-17-35-94(105)97-62-58-90(72-108(97)115)119(92-60-64-99-96-37-19-23-41-107(96)117(110(99)74-92,85-30-11-5-12-31-85)86-32-13-6-14-33-86)89-54-45-76(46-55-89)79-51-66-113-104(69-79)101-61-49-81(71-114(101)121-113)102-70-82(67-80-25-15-16-34-93(80)102)77-47-56-88(57-48-77)118(87-52-43-75(44-53-87)78-50-65-112-103(68-78)100-38-20-24-42-111(100)120-112)91-59-63-98-95-36-18-22-40-106(95)116(109(98)73-91,83-26-7-3-8-27-83)84-28-9-4-10-29-84/h3-74H,1-2H3. The second kappa shape index (κ2) is 27.8. The Kier molecular flexibility index (Phi) is 16.2. The van der Waals surface area contributed by atoms with Gasteiger partial charge >= 0.3 is 0 Å². The first kappa shape index (κ1) is 70.7. The van der Waals surface area contributed by atoms with E-state index in [2.05, 4.69) is 460 Å². The molecular weight excluding hydrogens is 1500 g/mol. The number of thiophene rings is 2. The summed E-state index contributed by atoms with van der Waals surface area (Å²) in [6.45, 7) is 4.76. The molecule has 2 aromatic heterocycles. The molecule has 4 heteroatoms. The first-order valence-electron chi connectivity index (χ1n) is 42.0. The van der Waals surface area contributed by atoms with Gasteiger partial charge in [-0.15, -0.1) is 22.7 Å². The van der Waals surface area contributed by atoms with Crippen LogP contribution in [0.3, 0.4) is 0 Å². The second-order valence-corrected chi connectivity index (χ2v) is 35.5. The van der Waals surface area contributed by atoms with Crippen molar-refractivity contribution in [3.05, 3.63) is 492 Å². The molecule has 0 saturated heterocycles. The van der Waals surface area contributed by atoms with Gasteiger partial charge in [0.25, 0.3) is 0 Å². The summed E-state index contributed by atoms with van der Waals surface area (Å²) in [5, 5.41) is 7.57. The van der Waals surface area contributed by atoms with Gasteiger partial charge in [0.05, 0.1) is 10.8 Å². The lowest BCUT2D eigenvalue weighted by Crippen LogP contribution is -2.28. The Hall–Kier alpha value is -14.5. The predicted molar refractivity (Wildman–Crippen MR) is 513 cm³/mol. The zero-order valence-electron chi connectivity index (χ0n) is 66.8. The molecule has 0 saturated carbocycles. The molecule has 3 aliphatic carbocycles. The third-order valence-electron chi connectivity index (χ3n) is 26.6. The highest BCUT2D eigenvalue weighted by Crippen LogP contribution is 2.61. The van der Waals surface area contributed by atoms with Gasteiger partial charge in [-0.1, -0.05) is 329 Å². The van der Waals surface area contributed by atoms with Gasteiger partial charge in [0.15, 0.2) is 0 Å². The molecule has 2 heterocycles. The fourth-order valence-corrected chi connectivity index (χ4v) is 23.2. The molecule has 0 fully saturated rings. The van der Waals surface area contributed by atoms with Crippen LogP contribution in [-0.4, -0.2) is 0 Å². The van der Waals surface area contributed by atoms with Crippen molar-refractivity contribution >= 4 is 108 Å². The van der Waals surface area contributed by atoms with Crippen LogP contribution in [0.4, 0.5) is 34.1 Å². The summed E-state index contributed by atoms with van der Waals surface area (Å²) >= 11 is 3.74. The third-order valence-corrected chi connectivity index (χ3v) is 28.9. The van der Waals surface area contributed by atoms with Gasteiger partial charge in [0.2, 0.25) is 0 Å². The van der Waals surface area contributed by atoms with E-state index in [1.54, 1.807) is 0 Å². The van der Waals surface area contributed by atoms with Gasteiger partial charge in [0, 0.05) is 79.9 Å². The van der Waals surface area contributed by atoms with Crippen LogP contribution in [0, 0.1) is 0 Å². The van der Waals surface area contributed by atoms with Crippen molar-refractivity contribution < 1.29 is 0 Å². The number of fused-ring (bicyclic) bond motifs is 16. The summed E-state index contributed by atoms with van der Waals surface area (Å²) in [5.41, 5.74) is 35.2. The van der Waals surface area contributed by atoms with Gasteiger partial charge < -0.3 is 9.80 Å². The van der Waals surface area contributed by atoms with Crippen LogP contribution in [0.15, 0.2) is 437 Å². The highest BCUT2D eigenvalue weighted by Gasteiger charge is 2.48. The van der Waals surface area contributed by atoms with Gasteiger partial charge in [-0.05, 0) is 266 Å². The summed E-state index contributed by atoms with van der Waals surface area (Å²) in [6.07, 6.45) is 0. The molecule has 0 amide bonds. The fraction of sp³-hybridized carbons (Fsp3) is 0.0427. The zero-order valence-corrected chi connectivity index (χ0v) is 68.4. The Balaban J connectivity index is 0.581. The molecule has 21 aromatic rings. The minimum absolute atomic E-state index is 0.184. The molecule has 2 nitrogen and oxygen atoms in total. The SMILES string of the molecule is CC1(C)c2ccccc2-c2ccc(N(c3ccc(-c4ccc5sc6cc(-c7cc(-c8ccc(N(c9ccc(-c%10ccc%11sc%12ccccc%12c%11c%10)cc9)c9ccc%10c(c9)C(c9ccccc9)(c9ccccc9)c9ccccc9-%10)cc8)cc8ccccc78)ccc6c5c4)cc3)c3ccc4c(c3)C(c3ccccc3)(c3ccccc3)c3ccccc3-4)cc21. The maximum atomic E-state index is 2.50. The average Bonchev–Trinajstić information content (AvgIpc) is 1.55. The van der Waals surface area contributed by atoms with Crippen molar-refractivity contribution in [2.75, 3.05) is 9.80 Å². The normalized spacial score (nSPS) is 13.6. The molecule has 121 heavy (non-hydrogen) atoms. The zero-order chi connectivity index (χ0) is 80.1. The Bertz CT molecular complexity index is 7630. The summed E-state index contributed by atoms with van der Waals surface area (Å²) in [4.78, 5) is 4.95. The van der Waals surface area contributed by atoms with Crippen molar-refractivity contribution in [3.8, 4) is 77.9 Å². The Morgan fingerprint density at radius 1 is 0.182 bits per heavy atom. The molecule has 0 radical (unpaired) electrons. The van der Waals surface area contributed by atoms with E-state index in [1.807, 2.05) is 22.7 Å². The van der Waals surface area contributed by atoms with Gasteiger partial charge in [0.1, 0.15) is 0 Å². The fourth-order valence-electron chi connectivity index (χ4n) is 21.0. The van der Waals surface area contributed by atoms with Gasteiger partial charge in [-0.2, -0.15) is 0 Å². The van der Waals surface area contributed by atoms with E-state index >= 15 is 0 Å². The average molecular weight is 1580 g/mol. The monoisotopic (exact) mass is 1570 g/mol. The molecule has 19 aromatic carbocycles. The van der Waals surface area contributed by atoms with Gasteiger partial charge in [-0.25, -0.2) is 0 Å². The Labute approximate surface area is 712 Å². The third kappa shape index (κ3) is 11.0. The number of anilines is 6. The van der Waals surface area contributed by atoms with E-state index < -0.39 is 10.8 Å². The molecule has 0 N–H and O–H groups in total. The quantitative estimate of drug-likeness (QED) is 0.107. The van der Waals surface area contributed by atoms with E-state index in [4.69, 9.17) is 0 Å². The van der Waals surface area contributed by atoms with Crippen LogP contribution < -0.4 is 9.80 Å². The minimum atomic E-state index is -0.562. The molecular formula is C117H78N2S2. The first-order valence-corrected chi connectivity index (χ1v) is 43.6. The number of rotatable bonds is 14. The van der Waals surface area contributed by atoms with Crippen LogP contribution in [0.2, 0.25) is 0 Å². The van der Waals surface area contributed by atoms with Crippen LogP contribution in [0.5, 0.6) is 0 Å². The van der Waals surface area contributed by atoms with Crippen LogP contribution >= 0.6 is 22.7 Å². The predicted octanol–water partition coefficient (Wildman–Crippen LogP) is 32.2. The highest BCUT2D eigenvalue weighted by molar-refractivity contribution is 7.26. The summed E-state index contributed by atoms with van der Waals surface area (Å²) < 4.78 is 5.16. The summed E-state index contributed by atoms with van der Waals surface area (Å²) in [5.74, 6) is 0. The summed E-state index contributed by atoms with van der Waals surface area (Å²) in [7, 11) is 0. The van der Waals surface area contributed by atoms with Crippen LogP contribution in [0.1, 0.15) is 69.5 Å². The lowest BCUT2D eigenvalue weighted by Gasteiger charge is -2.35. The van der Waals surface area contributed by atoms with E-state index in [0.29, 0.717) is 0 Å². The van der Waals surface area contributed by atoms with E-state index in [-0.39, 0.29) is 5.41 Å². The number of benzene rings is 19. The van der Waals surface area contributed by atoms with Gasteiger partial charge in [-0.3, -0.25) is 0 Å². The summed E-state index contributed by atoms with van der Waals surface area (Å²) in [6, 6.07) is 165. The smallest absolute Gasteiger partial charge is 0.0714 e. The maximum absolute atomic E-state index is 2.50. The van der Waals surface area contributed by atoms with Crippen molar-refractivity contribution in [3.63, 3.8) is 0 Å². The molecule has 0 bridgehead atoms. The number of hydrogen-bond acceptors (Lipinski definition) is 4. The number of hydrogen-bond donors (Lipinski definition) is 0. The molecule has 0 spiro atoms. The van der Waals surface area contributed by atoms with Crippen LogP contribution in [-0.2, 0) is 16.2 Å². The largest absolute Gasteiger partial charge is 0.310 e. The van der Waals surface area contributed by atoms with E-state index in [9.17, 15) is 0 Å². The molecule has 0 atom stereocenters. The minimum Gasteiger partial charge on any atom is -0.310 e. The highest BCUT2D eigenvalue weighted by atomic mass is 32.1. The molecule has 0 unspecified atom stereocenters. The Morgan fingerprint density at radius 2 is 0.521 bits per heavy atom.